The second kappa shape index (κ2) is 7.95. The molecule has 0 spiro atoms. The summed E-state index contributed by atoms with van der Waals surface area (Å²) in [5.41, 5.74) is 0. The molecular weight excluding hydrogens is 236 g/mol. The predicted octanol–water partition coefficient (Wildman–Crippen LogP) is 0.701. The van der Waals surface area contributed by atoms with Crippen molar-refractivity contribution in [2.45, 2.75) is 38.8 Å². The molecule has 4 nitrogen and oxygen atoms in total. The molecule has 1 fully saturated rings. The van der Waals surface area contributed by atoms with Crippen LogP contribution in [0.1, 0.15) is 26.7 Å². The highest BCUT2D eigenvalue weighted by Crippen LogP contribution is 2.13. The highest BCUT2D eigenvalue weighted by molar-refractivity contribution is 7.99. The quantitative estimate of drug-likeness (QED) is 0.631. The summed E-state index contributed by atoms with van der Waals surface area (Å²) >= 11 is 1.81. The van der Waals surface area contributed by atoms with Crippen LogP contribution in [0.4, 0.5) is 0 Å². The maximum atomic E-state index is 12.0. The maximum Gasteiger partial charge on any atom is 0.239 e. The normalized spacial score (nSPS) is 20.6. The highest BCUT2D eigenvalue weighted by atomic mass is 32.2. The highest BCUT2D eigenvalue weighted by Gasteiger charge is 2.30. The van der Waals surface area contributed by atoms with Crippen LogP contribution in [0, 0.1) is 0 Å². The zero-order valence-corrected chi connectivity index (χ0v) is 11.6. The molecule has 17 heavy (non-hydrogen) atoms. The van der Waals surface area contributed by atoms with Crippen molar-refractivity contribution in [1.82, 2.24) is 10.2 Å². The Balaban J connectivity index is 2.16. The van der Waals surface area contributed by atoms with Crippen LogP contribution in [0.15, 0.2) is 0 Å². The first-order valence-corrected chi connectivity index (χ1v) is 7.54. The third-order valence-corrected chi connectivity index (χ3v) is 3.83. The van der Waals surface area contributed by atoms with E-state index in [0.29, 0.717) is 6.04 Å². The molecule has 0 aromatic heterocycles. The van der Waals surface area contributed by atoms with Crippen LogP contribution in [0.5, 0.6) is 0 Å². The zero-order valence-electron chi connectivity index (χ0n) is 10.8. The van der Waals surface area contributed by atoms with Crippen LogP contribution in [-0.2, 0) is 4.79 Å². The summed E-state index contributed by atoms with van der Waals surface area (Å²) in [6, 6.07) is 0.389. The van der Waals surface area contributed by atoms with Crippen molar-refractivity contribution in [3.8, 4) is 0 Å². The molecule has 1 aliphatic heterocycles. The number of nitrogens with one attached hydrogen (secondary N) is 1. The van der Waals surface area contributed by atoms with Crippen LogP contribution in [0.2, 0.25) is 0 Å². The third-order valence-electron chi connectivity index (χ3n) is 2.78. The fourth-order valence-corrected chi connectivity index (χ4v) is 2.85. The van der Waals surface area contributed by atoms with Gasteiger partial charge in [0.25, 0.3) is 0 Å². The van der Waals surface area contributed by atoms with Gasteiger partial charge in [0, 0.05) is 31.5 Å². The van der Waals surface area contributed by atoms with E-state index >= 15 is 0 Å². The number of likely N-dealkylation sites (tertiary alicyclic amines) is 1. The number of nitrogens with zero attached hydrogens (tertiary/aromatic N) is 1. The first kappa shape index (κ1) is 14.8. The molecule has 1 aliphatic rings. The summed E-state index contributed by atoms with van der Waals surface area (Å²) in [5, 5.41) is 12.0. The molecule has 0 radical (unpaired) electrons. The standard InChI is InChI=1S/C12H24N2O2S/c1-10(2)13-11-4-5-14(12(11)16)6-9-17-8-3-7-15/h10-11,13,15H,3-9H2,1-2H3. The first-order chi connectivity index (χ1) is 8.15. The fourth-order valence-electron chi connectivity index (χ4n) is 1.96. The number of hydrogen-bond donors (Lipinski definition) is 2. The number of carbonyl (C=O) groups excluding carboxylic acids is 1. The maximum absolute atomic E-state index is 12.0. The van der Waals surface area contributed by atoms with Crippen molar-refractivity contribution in [2.75, 3.05) is 31.2 Å². The van der Waals surface area contributed by atoms with Gasteiger partial charge in [0.05, 0.1) is 6.04 Å². The largest absolute Gasteiger partial charge is 0.396 e. The van der Waals surface area contributed by atoms with Gasteiger partial charge in [-0.05, 0) is 18.6 Å². The van der Waals surface area contributed by atoms with Crippen molar-refractivity contribution in [3.63, 3.8) is 0 Å². The van der Waals surface area contributed by atoms with Crippen LogP contribution in [-0.4, -0.2) is 59.2 Å². The van der Waals surface area contributed by atoms with Crippen molar-refractivity contribution in [2.24, 2.45) is 0 Å². The number of aliphatic hydroxyl groups is 1. The lowest BCUT2D eigenvalue weighted by atomic mass is 10.2. The molecule has 1 unspecified atom stereocenters. The number of carbonyl (C=O) groups is 1. The molecule has 0 saturated carbocycles. The SMILES string of the molecule is CC(C)NC1CCN(CCSCCCO)C1=O. The minimum Gasteiger partial charge on any atom is -0.396 e. The Morgan fingerprint density at radius 2 is 2.29 bits per heavy atom. The van der Waals surface area contributed by atoms with E-state index in [1.807, 2.05) is 16.7 Å². The molecule has 0 aromatic rings. The average Bonchev–Trinajstić information content (AvgIpc) is 2.60. The first-order valence-electron chi connectivity index (χ1n) is 6.38. The Bertz CT molecular complexity index is 237. The number of rotatable bonds is 8. The van der Waals surface area contributed by atoms with E-state index in [2.05, 4.69) is 19.2 Å². The van der Waals surface area contributed by atoms with Crippen LogP contribution < -0.4 is 5.32 Å². The molecule has 0 bridgehead atoms. The van der Waals surface area contributed by atoms with E-state index in [-0.39, 0.29) is 18.6 Å². The van der Waals surface area contributed by atoms with Gasteiger partial charge in [-0.1, -0.05) is 13.8 Å². The van der Waals surface area contributed by atoms with Gasteiger partial charge in [-0.15, -0.1) is 0 Å². The van der Waals surface area contributed by atoms with Crippen molar-refractivity contribution < 1.29 is 9.90 Å². The predicted molar refractivity (Wildman–Crippen MR) is 72.3 cm³/mol. The zero-order chi connectivity index (χ0) is 12.7. The number of thioether (sulfide) groups is 1. The molecule has 1 heterocycles. The minimum absolute atomic E-state index is 0.0254. The summed E-state index contributed by atoms with van der Waals surface area (Å²) in [6.07, 6.45) is 1.77. The van der Waals surface area contributed by atoms with Gasteiger partial charge in [-0.3, -0.25) is 4.79 Å². The second-order valence-corrected chi connectivity index (χ2v) is 5.90. The van der Waals surface area contributed by atoms with E-state index in [9.17, 15) is 4.79 Å². The molecule has 1 rings (SSSR count). The second-order valence-electron chi connectivity index (χ2n) is 4.68. The van der Waals surface area contributed by atoms with Crippen molar-refractivity contribution in [3.05, 3.63) is 0 Å². The monoisotopic (exact) mass is 260 g/mol. The molecule has 1 saturated heterocycles. The van der Waals surface area contributed by atoms with Gasteiger partial charge in [-0.25, -0.2) is 0 Å². The van der Waals surface area contributed by atoms with Gasteiger partial charge in [0.15, 0.2) is 0 Å². The Kier molecular flexibility index (Phi) is 6.92. The van der Waals surface area contributed by atoms with Gasteiger partial charge in [-0.2, -0.15) is 11.8 Å². The number of hydrogen-bond acceptors (Lipinski definition) is 4. The average molecular weight is 260 g/mol. The summed E-state index contributed by atoms with van der Waals surface area (Å²) in [7, 11) is 0. The van der Waals surface area contributed by atoms with Gasteiger partial charge >= 0.3 is 0 Å². The molecule has 2 N–H and O–H groups in total. The van der Waals surface area contributed by atoms with Crippen molar-refractivity contribution in [1.29, 1.82) is 0 Å². The Labute approximate surface area is 108 Å². The van der Waals surface area contributed by atoms with E-state index in [4.69, 9.17) is 5.11 Å². The van der Waals surface area contributed by atoms with E-state index < -0.39 is 0 Å². The summed E-state index contributed by atoms with van der Waals surface area (Å²) < 4.78 is 0. The minimum atomic E-state index is 0.0254. The molecule has 1 atom stereocenters. The Hall–Kier alpha value is -0.260. The molecule has 0 aliphatic carbocycles. The Morgan fingerprint density at radius 1 is 1.53 bits per heavy atom. The summed E-state index contributed by atoms with van der Waals surface area (Å²) in [4.78, 5) is 13.9. The Morgan fingerprint density at radius 3 is 2.94 bits per heavy atom. The lowest BCUT2D eigenvalue weighted by molar-refractivity contribution is -0.129. The van der Waals surface area contributed by atoms with Crippen molar-refractivity contribution >= 4 is 17.7 Å². The lowest BCUT2D eigenvalue weighted by Crippen LogP contribution is -2.42. The topological polar surface area (TPSA) is 52.6 Å². The summed E-state index contributed by atoms with van der Waals surface area (Å²) in [5.74, 6) is 2.20. The van der Waals surface area contributed by atoms with Crippen LogP contribution in [0.3, 0.4) is 0 Å². The van der Waals surface area contributed by atoms with Crippen LogP contribution >= 0.6 is 11.8 Å². The number of aliphatic hydroxyl groups excluding tert-OH is 1. The fraction of sp³-hybridized carbons (Fsp3) is 0.917. The summed E-state index contributed by atoms with van der Waals surface area (Å²) in [6.45, 7) is 6.12. The molecule has 0 aromatic carbocycles. The number of amides is 1. The van der Waals surface area contributed by atoms with E-state index in [0.717, 1.165) is 37.4 Å². The van der Waals surface area contributed by atoms with E-state index in [1.54, 1.807) is 0 Å². The third kappa shape index (κ3) is 5.27. The van der Waals surface area contributed by atoms with E-state index in [1.165, 1.54) is 0 Å². The van der Waals surface area contributed by atoms with Gasteiger partial charge in [0.2, 0.25) is 5.91 Å². The van der Waals surface area contributed by atoms with Gasteiger partial charge < -0.3 is 15.3 Å². The molecular formula is C12H24N2O2S. The smallest absolute Gasteiger partial charge is 0.239 e. The van der Waals surface area contributed by atoms with Gasteiger partial charge in [0.1, 0.15) is 0 Å². The lowest BCUT2D eigenvalue weighted by Gasteiger charge is -2.18. The molecule has 100 valence electrons. The molecule has 5 heteroatoms. The molecule has 1 amide bonds. The van der Waals surface area contributed by atoms with Crippen LogP contribution in [0.25, 0.3) is 0 Å².